The molecule has 101 heavy (non-hydrogen) atoms. The fourth-order valence-electron chi connectivity index (χ4n) is 16.2. The molecule has 0 aromatic carbocycles. The van der Waals surface area contributed by atoms with Gasteiger partial charge in [0.25, 0.3) is 0 Å². The Morgan fingerprint density at radius 1 is 0.663 bits per heavy atom. The molecule has 12 amide bonds. The molecule has 568 valence electrons. The fraction of sp³-hybridized carbons (Fsp3) is 0.808. The van der Waals surface area contributed by atoms with Gasteiger partial charge in [-0.3, -0.25) is 57.5 Å². The SMILES string of the molecule is CCO[C@@H]1C[C@H]2C(=O)NC3(CCC3)C(=O)N(C)[C@@H](C3CCCC3)C(=O)N(C)[C@H](C(=O)N(C)C)CC(=O)N(C)[C@@H](CC(C)C)C(=O)N[C@@H]([C@@H](C)CC)C(=O)N(C)CC(=O)N(C)[C@H]3C/C=C\CCN(C3=O)[C@@H](CC3CCC(F)CC3)C(=O)N(C)CC(=O)N[C@@H](CCC3CCC(Cl)C(Cl)C3)C(=O)N2C1. The van der Waals surface area contributed by atoms with Crippen LogP contribution in [0.3, 0.4) is 0 Å². The largest absolute Gasteiger partial charge is 0.377 e. The van der Waals surface area contributed by atoms with Crippen molar-refractivity contribution in [3.8, 4) is 0 Å². The Balaban J connectivity index is 1.31. The lowest BCUT2D eigenvalue weighted by Gasteiger charge is -2.46. The van der Waals surface area contributed by atoms with Gasteiger partial charge in [0.05, 0.1) is 31.0 Å². The molecule has 2 saturated heterocycles. The lowest BCUT2D eigenvalue weighted by atomic mass is 9.74. The molecule has 3 aliphatic heterocycles. The van der Waals surface area contributed by atoms with Gasteiger partial charge in [0.15, 0.2) is 0 Å². The highest BCUT2D eigenvalue weighted by Gasteiger charge is 2.54. The normalized spacial score (nSPS) is 32.3. The Bertz CT molecular complexity index is 2980. The summed E-state index contributed by atoms with van der Waals surface area (Å²) in [6.07, 6.45) is 9.96. The molecule has 3 N–H and O–H groups in total. The van der Waals surface area contributed by atoms with Gasteiger partial charge < -0.3 is 64.8 Å². The van der Waals surface area contributed by atoms with E-state index in [0.717, 1.165) is 12.8 Å². The molecule has 3 unspecified atom stereocenters. The highest BCUT2D eigenvalue weighted by molar-refractivity contribution is 6.30. The summed E-state index contributed by atoms with van der Waals surface area (Å²) in [5, 5.41) is 8.38. The topological polar surface area (TPSA) is 279 Å². The van der Waals surface area contributed by atoms with E-state index in [9.17, 15) is 33.2 Å². The first kappa shape index (κ1) is 82.1. The molecule has 0 aromatic heterocycles. The summed E-state index contributed by atoms with van der Waals surface area (Å²) in [5.41, 5.74) is -1.52. The summed E-state index contributed by atoms with van der Waals surface area (Å²) >= 11 is 13.3. The van der Waals surface area contributed by atoms with Crippen LogP contribution in [0.25, 0.3) is 0 Å². The van der Waals surface area contributed by atoms with Crippen molar-refractivity contribution in [3.63, 3.8) is 0 Å². The molecule has 0 aromatic rings. The number of carbonyl (C=O) groups excluding carboxylic acids is 12. The second-order valence-electron chi connectivity index (χ2n) is 30.8. The molecule has 13 atom stereocenters. The summed E-state index contributed by atoms with van der Waals surface area (Å²) in [7, 11) is 11.7. The van der Waals surface area contributed by atoms with Crippen LogP contribution in [-0.2, 0) is 62.3 Å². The number of hydrogen-bond acceptors (Lipinski definition) is 13. The lowest BCUT2D eigenvalue weighted by Crippen LogP contribution is -2.68. The third kappa shape index (κ3) is 20.4. The van der Waals surface area contributed by atoms with Gasteiger partial charge >= 0.3 is 0 Å². The second-order valence-corrected chi connectivity index (χ2v) is 31.9. The minimum Gasteiger partial charge on any atom is -0.377 e. The Morgan fingerprint density at radius 2 is 1.32 bits per heavy atom. The Kier molecular flexibility index (Phi) is 30.1. The molecule has 4 aliphatic carbocycles. The quantitative estimate of drug-likeness (QED) is 0.157. The van der Waals surface area contributed by atoms with Crippen LogP contribution in [0.15, 0.2) is 12.2 Å². The van der Waals surface area contributed by atoms with E-state index in [-0.39, 0.29) is 112 Å². The number of hydrogen-bond donors (Lipinski definition) is 3. The van der Waals surface area contributed by atoms with Crippen molar-refractivity contribution < 1.29 is 66.7 Å². The third-order valence-electron chi connectivity index (χ3n) is 22.9. The number of ether oxygens (including phenoxy) is 1. The van der Waals surface area contributed by atoms with Gasteiger partial charge in [0.1, 0.15) is 60.0 Å². The number of rotatable bonds is 13. The molecular formula is C73H117Cl2FN12O13. The van der Waals surface area contributed by atoms with Gasteiger partial charge in [-0.25, -0.2) is 4.39 Å². The summed E-state index contributed by atoms with van der Waals surface area (Å²) < 4.78 is 20.9. The van der Waals surface area contributed by atoms with Gasteiger partial charge in [-0.1, -0.05) is 59.1 Å². The van der Waals surface area contributed by atoms with Gasteiger partial charge in [0, 0.05) is 87.9 Å². The summed E-state index contributed by atoms with van der Waals surface area (Å²) in [4.78, 5) is 193. The first-order valence-corrected chi connectivity index (χ1v) is 38.1. The van der Waals surface area contributed by atoms with Crippen molar-refractivity contribution >= 4 is 94.1 Å². The number of carbonyl (C=O) groups is 12. The summed E-state index contributed by atoms with van der Waals surface area (Å²) in [6, 6.07) is -9.77. The minimum absolute atomic E-state index is 0.0241. The molecule has 4 saturated carbocycles. The maximum atomic E-state index is 15.6. The molecule has 6 fully saturated rings. The van der Waals surface area contributed by atoms with E-state index in [2.05, 4.69) is 16.0 Å². The van der Waals surface area contributed by atoms with Crippen molar-refractivity contribution in [2.24, 2.45) is 29.6 Å². The van der Waals surface area contributed by atoms with Crippen molar-refractivity contribution in [2.45, 2.75) is 259 Å². The lowest BCUT2D eigenvalue weighted by molar-refractivity contribution is -0.158. The van der Waals surface area contributed by atoms with Crippen LogP contribution < -0.4 is 16.0 Å². The van der Waals surface area contributed by atoms with E-state index >= 15 is 28.8 Å². The van der Waals surface area contributed by atoms with Gasteiger partial charge in [-0.2, -0.15) is 0 Å². The second kappa shape index (κ2) is 37.0. The molecule has 2 bridgehead atoms. The van der Waals surface area contributed by atoms with E-state index in [4.69, 9.17) is 27.9 Å². The Labute approximate surface area is 608 Å². The number of halogens is 3. The summed E-state index contributed by atoms with van der Waals surface area (Å²) in [6.45, 7) is 8.30. The van der Waals surface area contributed by atoms with Crippen LogP contribution in [0, 0.1) is 29.6 Å². The van der Waals surface area contributed by atoms with Crippen LogP contribution in [0.5, 0.6) is 0 Å². The molecule has 1 spiro atoms. The Hall–Kier alpha value is -6.15. The number of nitrogens with zero attached hydrogens (tertiary/aromatic N) is 9. The average Bonchev–Trinajstić information content (AvgIpc) is 1.72. The van der Waals surface area contributed by atoms with Crippen LogP contribution >= 0.6 is 23.2 Å². The van der Waals surface area contributed by atoms with Crippen molar-refractivity contribution in [3.05, 3.63) is 12.2 Å². The van der Waals surface area contributed by atoms with Crippen LogP contribution in [0.1, 0.15) is 182 Å². The smallest absolute Gasteiger partial charge is 0.248 e. The summed E-state index contributed by atoms with van der Waals surface area (Å²) in [5.74, 6) is -8.66. The highest BCUT2D eigenvalue weighted by Crippen LogP contribution is 2.40. The van der Waals surface area contributed by atoms with Crippen LogP contribution in [0.2, 0.25) is 0 Å². The van der Waals surface area contributed by atoms with Crippen molar-refractivity contribution in [2.75, 3.05) is 89.2 Å². The van der Waals surface area contributed by atoms with Gasteiger partial charge in [-0.05, 0) is 152 Å². The number of alkyl halides is 3. The van der Waals surface area contributed by atoms with E-state index in [1.807, 2.05) is 26.8 Å². The standard InChI is InChI=1S/C73H117Cl2FN12O13/c1-14-45(5)62-70(98)82(9)43-61(91)83(10)54-24-17-16-20-35-87(69(54)97)58(38-47-25-29-49(76)30-26-47)68(96)81(8)42-59(89)77-53(32-28-46-27-31-51(74)52(75)37-46)66(94)88-41-50(101-15-2)39-56(88)65(93)79-73(33-21-34-73)72(100)86(13)63(48-22-18-19-23-48)71(99)85(12)57(67(95)80(6)7)40-60(90)84(11)55(36-44(3)4)64(92)78-62/h16-17,44-58,62-63H,14-15,18-43H2,1-13H3,(H,77,89)(H,78,92)(H,79,93)/b17-16-/t45-,46?,47?,49?,50+,51?,52?,53-,54-,55-,56-,57-,58-,62-,63-/m0/s1. The van der Waals surface area contributed by atoms with Crippen LogP contribution in [-0.4, -0.2) is 281 Å². The third-order valence-corrected chi connectivity index (χ3v) is 24.0. The zero-order chi connectivity index (χ0) is 74.5. The first-order valence-electron chi connectivity index (χ1n) is 37.2. The Morgan fingerprint density at radius 3 is 1.92 bits per heavy atom. The van der Waals surface area contributed by atoms with Crippen LogP contribution in [0.4, 0.5) is 4.39 Å². The van der Waals surface area contributed by atoms with E-state index in [0.29, 0.717) is 70.6 Å². The number of nitrogens with one attached hydrogen (secondary N) is 3. The number of amides is 12. The molecule has 28 heteroatoms. The van der Waals surface area contributed by atoms with E-state index in [1.54, 1.807) is 19.9 Å². The molecule has 7 rings (SSSR count). The monoisotopic (exact) mass is 1460 g/mol. The zero-order valence-electron chi connectivity index (χ0n) is 62.2. The fourth-order valence-corrected chi connectivity index (χ4v) is 16.8. The molecule has 0 radical (unpaired) electrons. The van der Waals surface area contributed by atoms with Crippen molar-refractivity contribution in [1.29, 1.82) is 0 Å². The molecule has 25 nitrogen and oxygen atoms in total. The molecule has 3 heterocycles. The number of fused-ring (bicyclic) bond motifs is 3. The predicted molar refractivity (Wildman–Crippen MR) is 381 cm³/mol. The minimum atomic E-state index is -1.52. The highest BCUT2D eigenvalue weighted by atomic mass is 35.5. The molecular weight excluding hydrogens is 1340 g/mol. The predicted octanol–water partition coefficient (Wildman–Crippen LogP) is 5.26. The van der Waals surface area contributed by atoms with Gasteiger partial charge in [0.2, 0.25) is 70.9 Å². The van der Waals surface area contributed by atoms with Crippen molar-refractivity contribution in [1.82, 2.24) is 60.0 Å². The van der Waals surface area contributed by atoms with E-state index in [1.165, 1.54) is 100 Å². The zero-order valence-corrected chi connectivity index (χ0v) is 63.7. The number of likely N-dealkylation sites (N-methyl/N-ethyl adjacent to an activating group) is 7. The maximum Gasteiger partial charge on any atom is 0.248 e. The molecule has 7 aliphatic rings. The average molecular weight is 1460 g/mol. The van der Waals surface area contributed by atoms with Gasteiger partial charge in [-0.15, -0.1) is 23.2 Å². The van der Waals surface area contributed by atoms with E-state index < -0.39 is 162 Å². The first-order chi connectivity index (χ1) is 47.7. The maximum absolute atomic E-state index is 15.6.